The molecule has 0 aliphatic rings. The van der Waals surface area contributed by atoms with E-state index in [1.165, 1.54) is 0 Å². The van der Waals surface area contributed by atoms with Gasteiger partial charge in [0.1, 0.15) is 24.7 Å². The zero-order chi connectivity index (χ0) is 14.9. The van der Waals surface area contributed by atoms with Crippen LogP contribution in [-0.4, -0.2) is 19.3 Å². The van der Waals surface area contributed by atoms with E-state index in [0.29, 0.717) is 19.8 Å². The Hall–Kier alpha value is -2.00. The molecular formula is C18H22O3. The Balaban J connectivity index is 1.74. The van der Waals surface area contributed by atoms with E-state index in [2.05, 4.69) is 0 Å². The average molecular weight is 286 g/mol. The molecule has 0 aliphatic heterocycles. The zero-order valence-electron chi connectivity index (χ0n) is 12.6. The van der Waals surface area contributed by atoms with Gasteiger partial charge in [-0.1, -0.05) is 30.3 Å². The summed E-state index contributed by atoms with van der Waals surface area (Å²) in [4.78, 5) is 0. The highest BCUT2D eigenvalue weighted by molar-refractivity contribution is 5.31. The quantitative estimate of drug-likeness (QED) is 0.685. The van der Waals surface area contributed by atoms with Gasteiger partial charge in [-0.25, -0.2) is 0 Å². The molecule has 2 rings (SSSR count). The molecule has 0 fully saturated rings. The molecule has 3 nitrogen and oxygen atoms in total. The molecular weight excluding hydrogens is 264 g/mol. The second-order valence-electron chi connectivity index (χ2n) is 5.01. The lowest BCUT2D eigenvalue weighted by atomic mass is 10.2. The molecule has 0 aromatic heterocycles. The van der Waals surface area contributed by atoms with Crippen molar-refractivity contribution in [2.45, 2.75) is 26.6 Å². The second-order valence-corrected chi connectivity index (χ2v) is 5.01. The van der Waals surface area contributed by atoms with E-state index in [1.807, 2.05) is 68.4 Å². The molecule has 0 saturated carbocycles. The van der Waals surface area contributed by atoms with Crippen molar-refractivity contribution in [3.05, 3.63) is 60.2 Å². The molecule has 2 aromatic carbocycles. The summed E-state index contributed by atoms with van der Waals surface area (Å²) in [6.07, 6.45) is 0.238. The molecule has 0 N–H and O–H groups in total. The predicted octanol–water partition coefficient (Wildman–Crippen LogP) is 4.07. The number of hydrogen-bond acceptors (Lipinski definition) is 3. The normalized spacial score (nSPS) is 10.6. The van der Waals surface area contributed by atoms with E-state index in [9.17, 15) is 0 Å². The molecule has 112 valence electrons. The summed E-state index contributed by atoms with van der Waals surface area (Å²) in [7, 11) is 0. The fraction of sp³-hybridized carbons (Fsp3) is 0.333. The van der Waals surface area contributed by atoms with Crippen molar-refractivity contribution in [3.8, 4) is 11.5 Å². The minimum Gasteiger partial charge on any atom is -0.491 e. The summed E-state index contributed by atoms with van der Waals surface area (Å²) >= 11 is 0. The van der Waals surface area contributed by atoms with Crippen LogP contribution >= 0.6 is 0 Å². The highest BCUT2D eigenvalue weighted by atomic mass is 16.5. The largest absolute Gasteiger partial charge is 0.491 e. The number of benzene rings is 2. The third-order valence-electron chi connectivity index (χ3n) is 2.88. The van der Waals surface area contributed by atoms with Crippen LogP contribution in [0.4, 0.5) is 0 Å². The van der Waals surface area contributed by atoms with Gasteiger partial charge < -0.3 is 14.2 Å². The Kier molecular flexibility index (Phi) is 6.10. The van der Waals surface area contributed by atoms with Gasteiger partial charge in [0.2, 0.25) is 0 Å². The maximum Gasteiger partial charge on any atom is 0.120 e. The molecule has 0 bridgehead atoms. The fourth-order valence-electron chi connectivity index (χ4n) is 1.82. The van der Waals surface area contributed by atoms with E-state index >= 15 is 0 Å². The van der Waals surface area contributed by atoms with Crippen LogP contribution in [0, 0.1) is 0 Å². The fourth-order valence-corrected chi connectivity index (χ4v) is 1.82. The molecule has 0 atom stereocenters. The summed E-state index contributed by atoms with van der Waals surface area (Å²) < 4.78 is 16.7. The maximum atomic E-state index is 5.72. The predicted molar refractivity (Wildman–Crippen MR) is 83.8 cm³/mol. The lowest BCUT2D eigenvalue weighted by molar-refractivity contribution is 0.0552. The van der Waals surface area contributed by atoms with Gasteiger partial charge in [-0.3, -0.25) is 0 Å². The van der Waals surface area contributed by atoms with Crippen molar-refractivity contribution in [3.63, 3.8) is 0 Å². The van der Waals surface area contributed by atoms with Gasteiger partial charge >= 0.3 is 0 Å². The summed E-state index contributed by atoms with van der Waals surface area (Å²) in [5, 5.41) is 0. The molecule has 0 aliphatic carbocycles. The summed E-state index contributed by atoms with van der Waals surface area (Å²) in [5.41, 5.74) is 1.16. The Morgan fingerprint density at radius 3 is 2.00 bits per heavy atom. The van der Waals surface area contributed by atoms with Crippen LogP contribution in [0.15, 0.2) is 54.6 Å². The van der Waals surface area contributed by atoms with Gasteiger partial charge in [-0.2, -0.15) is 0 Å². The van der Waals surface area contributed by atoms with Crippen molar-refractivity contribution in [1.29, 1.82) is 0 Å². The first-order valence-electron chi connectivity index (χ1n) is 7.25. The van der Waals surface area contributed by atoms with Crippen LogP contribution in [0.2, 0.25) is 0 Å². The summed E-state index contributed by atoms with van der Waals surface area (Å²) in [6.45, 7) is 5.76. The Morgan fingerprint density at radius 1 is 0.762 bits per heavy atom. The molecule has 0 spiro atoms. The maximum absolute atomic E-state index is 5.72. The van der Waals surface area contributed by atoms with Crippen molar-refractivity contribution in [1.82, 2.24) is 0 Å². The van der Waals surface area contributed by atoms with Crippen molar-refractivity contribution in [2.24, 2.45) is 0 Å². The number of hydrogen-bond donors (Lipinski definition) is 0. The lowest BCUT2D eigenvalue weighted by Gasteiger charge is -2.10. The third kappa shape index (κ3) is 5.88. The first-order valence-corrected chi connectivity index (χ1v) is 7.25. The monoisotopic (exact) mass is 286 g/mol. The average Bonchev–Trinajstić information content (AvgIpc) is 2.51. The van der Waals surface area contributed by atoms with Crippen LogP contribution in [0.1, 0.15) is 19.4 Å². The van der Waals surface area contributed by atoms with Crippen LogP contribution in [0.5, 0.6) is 11.5 Å². The topological polar surface area (TPSA) is 27.7 Å². The van der Waals surface area contributed by atoms with E-state index in [-0.39, 0.29) is 6.10 Å². The van der Waals surface area contributed by atoms with Gasteiger partial charge in [0.05, 0.1) is 12.7 Å². The van der Waals surface area contributed by atoms with Gasteiger partial charge in [-0.05, 0) is 43.7 Å². The van der Waals surface area contributed by atoms with Crippen LogP contribution in [-0.2, 0) is 11.3 Å². The molecule has 0 radical (unpaired) electrons. The van der Waals surface area contributed by atoms with Gasteiger partial charge in [0.15, 0.2) is 0 Å². The Bertz CT molecular complexity index is 506. The molecule has 0 unspecified atom stereocenters. The lowest BCUT2D eigenvalue weighted by Crippen LogP contribution is -2.11. The Labute approximate surface area is 126 Å². The van der Waals surface area contributed by atoms with Gasteiger partial charge in [-0.15, -0.1) is 0 Å². The minimum atomic E-state index is 0.238. The first-order chi connectivity index (χ1) is 10.2. The number of ether oxygens (including phenoxy) is 3. The highest BCUT2D eigenvalue weighted by Gasteiger charge is 1.98. The highest BCUT2D eigenvalue weighted by Crippen LogP contribution is 2.18. The third-order valence-corrected chi connectivity index (χ3v) is 2.88. The van der Waals surface area contributed by atoms with E-state index < -0.39 is 0 Å². The van der Waals surface area contributed by atoms with Crippen LogP contribution in [0.3, 0.4) is 0 Å². The van der Waals surface area contributed by atoms with Crippen LogP contribution < -0.4 is 9.47 Å². The second kappa shape index (κ2) is 8.32. The van der Waals surface area contributed by atoms with Gasteiger partial charge in [0.25, 0.3) is 0 Å². The molecule has 0 heterocycles. The number of rotatable bonds is 8. The van der Waals surface area contributed by atoms with E-state index in [4.69, 9.17) is 14.2 Å². The SMILES string of the molecule is CC(C)OCCOc1ccc(OCc2ccccc2)cc1. The van der Waals surface area contributed by atoms with E-state index in [1.54, 1.807) is 0 Å². The molecule has 21 heavy (non-hydrogen) atoms. The van der Waals surface area contributed by atoms with Crippen LogP contribution in [0.25, 0.3) is 0 Å². The Morgan fingerprint density at radius 2 is 1.38 bits per heavy atom. The summed E-state index contributed by atoms with van der Waals surface area (Å²) in [6, 6.07) is 17.8. The zero-order valence-corrected chi connectivity index (χ0v) is 12.6. The van der Waals surface area contributed by atoms with Crippen molar-refractivity contribution >= 4 is 0 Å². The minimum absolute atomic E-state index is 0.238. The standard InChI is InChI=1S/C18H22O3/c1-15(2)19-12-13-20-17-8-10-18(11-9-17)21-14-16-6-4-3-5-7-16/h3-11,15H,12-14H2,1-2H3. The first kappa shape index (κ1) is 15.4. The van der Waals surface area contributed by atoms with E-state index in [0.717, 1.165) is 17.1 Å². The molecule has 2 aromatic rings. The summed E-state index contributed by atoms with van der Waals surface area (Å²) in [5.74, 6) is 1.67. The smallest absolute Gasteiger partial charge is 0.120 e. The molecule has 0 amide bonds. The molecule has 3 heteroatoms. The van der Waals surface area contributed by atoms with Crippen molar-refractivity contribution in [2.75, 3.05) is 13.2 Å². The van der Waals surface area contributed by atoms with Crippen molar-refractivity contribution < 1.29 is 14.2 Å². The van der Waals surface area contributed by atoms with Gasteiger partial charge in [0, 0.05) is 0 Å². The molecule has 0 saturated heterocycles.